The van der Waals surface area contributed by atoms with Crippen LogP contribution in [0.2, 0.25) is 0 Å². The highest BCUT2D eigenvalue weighted by Crippen LogP contribution is 2.16. The van der Waals surface area contributed by atoms with Crippen molar-refractivity contribution in [2.75, 3.05) is 39.2 Å². The number of benzene rings is 1. The summed E-state index contributed by atoms with van der Waals surface area (Å²) in [5, 5.41) is 8.19. The zero-order valence-corrected chi connectivity index (χ0v) is 12.1. The molecule has 0 radical (unpaired) electrons. The van der Waals surface area contributed by atoms with E-state index in [1.807, 2.05) is 19.1 Å². The third-order valence-corrected chi connectivity index (χ3v) is 2.73. The SMILES string of the molecule is CNc1cc(C)ccc1C(=O)NCC(=O)NCCOC. The Morgan fingerprint density at radius 2 is 2.00 bits per heavy atom. The maximum absolute atomic E-state index is 12.0. The van der Waals surface area contributed by atoms with Crippen molar-refractivity contribution >= 4 is 17.5 Å². The van der Waals surface area contributed by atoms with Gasteiger partial charge in [-0.25, -0.2) is 0 Å². The standard InChI is InChI=1S/C14H21N3O3/c1-10-4-5-11(12(8-10)15-2)14(19)17-9-13(18)16-6-7-20-3/h4-5,8,15H,6-7,9H2,1-3H3,(H,16,18)(H,17,19). The molecule has 0 saturated carbocycles. The maximum atomic E-state index is 12.0. The van der Waals surface area contributed by atoms with Crippen LogP contribution in [0.3, 0.4) is 0 Å². The molecule has 0 fully saturated rings. The number of amides is 2. The summed E-state index contributed by atoms with van der Waals surface area (Å²) < 4.78 is 4.82. The number of carbonyl (C=O) groups is 2. The van der Waals surface area contributed by atoms with Crippen molar-refractivity contribution in [1.82, 2.24) is 10.6 Å². The lowest BCUT2D eigenvalue weighted by Crippen LogP contribution is -2.38. The first-order chi connectivity index (χ1) is 9.58. The molecule has 0 aromatic heterocycles. The normalized spacial score (nSPS) is 9.95. The smallest absolute Gasteiger partial charge is 0.253 e. The third-order valence-electron chi connectivity index (χ3n) is 2.73. The first-order valence-electron chi connectivity index (χ1n) is 6.40. The molecule has 110 valence electrons. The molecule has 0 aliphatic carbocycles. The van der Waals surface area contributed by atoms with Gasteiger partial charge in [-0.2, -0.15) is 0 Å². The highest BCUT2D eigenvalue weighted by atomic mass is 16.5. The fraction of sp³-hybridized carbons (Fsp3) is 0.429. The van der Waals surface area contributed by atoms with Gasteiger partial charge in [0.1, 0.15) is 0 Å². The number of nitrogens with one attached hydrogen (secondary N) is 3. The fourth-order valence-electron chi connectivity index (χ4n) is 1.67. The van der Waals surface area contributed by atoms with Crippen LogP contribution in [-0.4, -0.2) is 45.7 Å². The number of hydrogen-bond donors (Lipinski definition) is 3. The molecular weight excluding hydrogens is 258 g/mol. The Labute approximate surface area is 118 Å². The minimum Gasteiger partial charge on any atom is -0.387 e. The van der Waals surface area contributed by atoms with Gasteiger partial charge in [0, 0.05) is 26.4 Å². The van der Waals surface area contributed by atoms with E-state index in [0.717, 1.165) is 11.3 Å². The molecule has 6 nitrogen and oxygen atoms in total. The second kappa shape index (κ2) is 8.16. The molecule has 0 atom stereocenters. The molecule has 0 aliphatic rings. The quantitative estimate of drug-likeness (QED) is 0.636. The molecule has 3 N–H and O–H groups in total. The Balaban J connectivity index is 2.52. The molecule has 0 unspecified atom stereocenters. The van der Waals surface area contributed by atoms with Crippen LogP contribution < -0.4 is 16.0 Å². The lowest BCUT2D eigenvalue weighted by atomic mass is 10.1. The van der Waals surface area contributed by atoms with Crippen molar-refractivity contribution in [3.05, 3.63) is 29.3 Å². The van der Waals surface area contributed by atoms with Gasteiger partial charge in [0.15, 0.2) is 0 Å². The minimum absolute atomic E-state index is 0.0560. The minimum atomic E-state index is -0.281. The topological polar surface area (TPSA) is 79.5 Å². The van der Waals surface area contributed by atoms with Gasteiger partial charge < -0.3 is 20.7 Å². The van der Waals surface area contributed by atoms with E-state index in [2.05, 4.69) is 16.0 Å². The average molecular weight is 279 g/mol. The summed E-state index contributed by atoms with van der Waals surface area (Å²) in [5.41, 5.74) is 2.31. The molecular formula is C14H21N3O3. The Bertz CT molecular complexity index is 475. The number of aryl methyl sites for hydroxylation is 1. The monoisotopic (exact) mass is 279 g/mol. The van der Waals surface area contributed by atoms with Crippen LogP contribution in [-0.2, 0) is 9.53 Å². The molecule has 2 amide bonds. The lowest BCUT2D eigenvalue weighted by Gasteiger charge is -2.11. The summed E-state index contributed by atoms with van der Waals surface area (Å²) in [6.07, 6.45) is 0. The first kappa shape index (κ1) is 16.0. The van der Waals surface area contributed by atoms with Crippen LogP contribution in [0.25, 0.3) is 0 Å². The van der Waals surface area contributed by atoms with Crippen LogP contribution in [0.15, 0.2) is 18.2 Å². The predicted molar refractivity (Wildman–Crippen MR) is 77.9 cm³/mol. The molecule has 0 heterocycles. The van der Waals surface area contributed by atoms with E-state index in [4.69, 9.17) is 4.74 Å². The number of rotatable bonds is 7. The zero-order valence-electron chi connectivity index (χ0n) is 12.1. The number of methoxy groups -OCH3 is 1. The average Bonchev–Trinajstić information content (AvgIpc) is 2.44. The van der Waals surface area contributed by atoms with Gasteiger partial charge in [0.05, 0.1) is 18.7 Å². The van der Waals surface area contributed by atoms with Crippen molar-refractivity contribution in [3.63, 3.8) is 0 Å². The van der Waals surface area contributed by atoms with Gasteiger partial charge in [0.2, 0.25) is 5.91 Å². The molecule has 20 heavy (non-hydrogen) atoms. The maximum Gasteiger partial charge on any atom is 0.253 e. The van der Waals surface area contributed by atoms with Gasteiger partial charge in [0.25, 0.3) is 5.91 Å². The number of anilines is 1. The molecule has 0 bridgehead atoms. The number of ether oxygens (including phenoxy) is 1. The van der Waals surface area contributed by atoms with E-state index < -0.39 is 0 Å². The summed E-state index contributed by atoms with van der Waals surface area (Å²) in [6, 6.07) is 5.47. The molecule has 1 aromatic rings. The fourth-order valence-corrected chi connectivity index (χ4v) is 1.67. The van der Waals surface area contributed by atoms with E-state index in [1.54, 1.807) is 20.2 Å². The number of carbonyl (C=O) groups excluding carboxylic acids is 2. The zero-order chi connectivity index (χ0) is 15.0. The van der Waals surface area contributed by atoms with E-state index in [9.17, 15) is 9.59 Å². The predicted octanol–water partition coefficient (Wildman–Crippen LogP) is 0.529. The third kappa shape index (κ3) is 4.89. The molecule has 0 spiro atoms. The Hall–Kier alpha value is -2.08. The lowest BCUT2D eigenvalue weighted by molar-refractivity contribution is -0.120. The van der Waals surface area contributed by atoms with E-state index in [1.165, 1.54) is 0 Å². The van der Waals surface area contributed by atoms with Gasteiger partial charge >= 0.3 is 0 Å². The second-order valence-electron chi connectivity index (χ2n) is 4.32. The van der Waals surface area contributed by atoms with Gasteiger partial charge in [-0.3, -0.25) is 9.59 Å². The first-order valence-corrected chi connectivity index (χ1v) is 6.40. The summed E-state index contributed by atoms with van der Waals surface area (Å²) in [5.74, 6) is -0.523. The number of hydrogen-bond acceptors (Lipinski definition) is 4. The summed E-state index contributed by atoms with van der Waals surface area (Å²) in [7, 11) is 3.31. The van der Waals surface area contributed by atoms with Crippen molar-refractivity contribution < 1.29 is 14.3 Å². The Morgan fingerprint density at radius 1 is 1.25 bits per heavy atom. The highest BCUT2D eigenvalue weighted by molar-refractivity contribution is 6.01. The molecule has 1 rings (SSSR count). The summed E-state index contributed by atoms with van der Waals surface area (Å²) >= 11 is 0. The Kier molecular flexibility index (Phi) is 6.52. The van der Waals surface area contributed by atoms with Crippen molar-refractivity contribution in [1.29, 1.82) is 0 Å². The van der Waals surface area contributed by atoms with E-state index >= 15 is 0 Å². The highest BCUT2D eigenvalue weighted by Gasteiger charge is 2.11. The van der Waals surface area contributed by atoms with E-state index in [-0.39, 0.29) is 18.4 Å². The molecule has 1 aromatic carbocycles. The summed E-state index contributed by atoms with van der Waals surface area (Å²) in [6.45, 7) is 2.77. The van der Waals surface area contributed by atoms with Gasteiger partial charge in [-0.05, 0) is 24.6 Å². The van der Waals surface area contributed by atoms with Crippen molar-refractivity contribution in [3.8, 4) is 0 Å². The van der Waals surface area contributed by atoms with Crippen LogP contribution in [0.4, 0.5) is 5.69 Å². The molecule has 0 aliphatic heterocycles. The van der Waals surface area contributed by atoms with Crippen LogP contribution >= 0.6 is 0 Å². The Morgan fingerprint density at radius 3 is 2.65 bits per heavy atom. The second-order valence-corrected chi connectivity index (χ2v) is 4.32. The van der Waals surface area contributed by atoms with Crippen LogP contribution in [0.5, 0.6) is 0 Å². The van der Waals surface area contributed by atoms with Crippen LogP contribution in [0.1, 0.15) is 15.9 Å². The van der Waals surface area contributed by atoms with Crippen LogP contribution in [0, 0.1) is 6.92 Å². The summed E-state index contributed by atoms with van der Waals surface area (Å²) in [4.78, 5) is 23.5. The van der Waals surface area contributed by atoms with Gasteiger partial charge in [-0.1, -0.05) is 6.07 Å². The molecule has 6 heteroatoms. The largest absolute Gasteiger partial charge is 0.387 e. The van der Waals surface area contributed by atoms with Crippen molar-refractivity contribution in [2.45, 2.75) is 6.92 Å². The van der Waals surface area contributed by atoms with Crippen molar-refractivity contribution in [2.24, 2.45) is 0 Å². The molecule has 0 saturated heterocycles. The van der Waals surface area contributed by atoms with E-state index in [0.29, 0.717) is 18.7 Å². The van der Waals surface area contributed by atoms with Gasteiger partial charge in [-0.15, -0.1) is 0 Å².